The van der Waals surface area contributed by atoms with Gasteiger partial charge >= 0.3 is 0 Å². The molecule has 11 rings (SSSR count). The first-order chi connectivity index (χ1) is 30.7. The zero-order chi connectivity index (χ0) is 41.6. The Bertz CT molecular complexity index is 3670. The molecule has 62 heavy (non-hydrogen) atoms. The third kappa shape index (κ3) is 6.13. The zero-order valence-corrected chi connectivity index (χ0v) is 35.0. The minimum Gasteiger partial charge on any atom is -0.106 e. The molecular formula is C62H44. The molecule has 0 N–H and O–H groups in total. The molecule has 0 saturated heterocycles. The minimum absolute atomic E-state index is 0.920. The molecule has 0 heterocycles. The fraction of sp³-hybridized carbons (Fsp3) is 0.129. The van der Waals surface area contributed by atoms with Crippen LogP contribution in [0.1, 0.15) is 56.6 Å². The van der Waals surface area contributed by atoms with Crippen LogP contribution in [0.5, 0.6) is 0 Å². The lowest BCUT2D eigenvalue weighted by Gasteiger charge is -2.20. The molecule has 292 valence electrons. The van der Waals surface area contributed by atoms with Crippen LogP contribution in [0.15, 0.2) is 158 Å². The van der Waals surface area contributed by atoms with Crippen molar-refractivity contribution in [1.82, 2.24) is 0 Å². The summed E-state index contributed by atoms with van der Waals surface area (Å²) >= 11 is 0. The summed E-state index contributed by atoms with van der Waals surface area (Å²) in [7, 11) is 0. The highest BCUT2D eigenvalue weighted by Gasteiger charge is 2.27. The van der Waals surface area contributed by atoms with E-state index in [1.165, 1.54) is 153 Å². The highest BCUT2D eigenvalue weighted by molar-refractivity contribution is 6.45. The van der Waals surface area contributed by atoms with Gasteiger partial charge in [0, 0.05) is 5.56 Å². The fourth-order valence-electron chi connectivity index (χ4n) is 10.6. The van der Waals surface area contributed by atoms with E-state index in [9.17, 15) is 0 Å². The zero-order valence-electron chi connectivity index (χ0n) is 35.0. The predicted molar refractivity (Wildman–Crippen MR) is 268 cm³/mol. The Balaban J connectivity index is 1.33. The normalized spacial score (nSPS) is 11.5. The average molecular weight is 789 g/mol. The molecule has 11 aromatic carbocycles. The Morgan fingerprint density at radius 1 is 0.403 bits per heavy atom. The van der Waals surface area contributed by atoms with Crippen LogP contribution in [0, 0.1) is 36.0 Å². The van der Waals surface area contributed by atoms with E-state index >= 15 is 0 Å². The van der Waals surface area contributed by atoms with Gasteiger partial charge in [0.1, 0.15) is 0 Å². The molecule has 0 aliphatic carbocycles. The van der Waals surface area contributed by atoms with Gasteiger partial charge in [0.2, 0.25) is 0 Å². The van der Waals surface area contributed by atoms with Gasteiger partial charge in [0.15, 0.2) is 0 Å². The van der Waals surface area contributed by atoms with Crippen molar-refractivity contribution in [3.05, 3.63) is 169 Å². The van der Waals surface area contributed by atoms with Crippen molar-refractivity contribution in [3.63, 3.8) is 0 Å². The third-order valence-electron chi connectivity index (χ3n) is 13.2. The summed E-state index contributed by atoms with van der Waals surface area (Å²) in [5.41, 5.74) is 9.86. The maximum atomic E-state index is 5.39. The van der Waals surface area contributed by atoms with Gasteiger partial charge in [-0.25, -0.2) is 0 Å². The Hall–Kier alpha value is -7.56. The second-order valence-electron chi connectivity index (χ2n) is 16.8. The molecule has 0 nitrogen and oxygen atoms in total. The van der Waals surface area contributed by atoms with Crippen molar-refractivity contribution in [1.29, 1.82) is 0 Å². The summed E-state index contributed by atoms with van der Waals surface area (Å²) in [6.45, 7) is 2.29. The van der Waals surface area contributed by atoms with Crippen LogP contribution in [0.4, 0.5) is 0 Å². The lowest BCUT2D eigenvalue weighted by Crippen LogP contribution is -1.93. The Morgan fingerprint density at radius 2 is 1.10 bits per heavy atom. The molecule has 0 unspecified atom stereocenters. The smallest absolute Gasteiger partial charge is 0.0262 e. The van der Waals surface area contributed by atoms with E-state index in [4.69, 9.17) is 6.42 Å². The van der Waals surface area contributed by atoms with Gasteiger partial charge < -0.3 is 0 Å². The van der Waals surface area contributed by atoms with E-state index in [1.807, 2.05) is 0 Å². The number of aryl methyl sites for hydroxylation is 1. The van der Waals surface area contributed by atoms with Crippen LogP contribution in [0.2, 0.25) is 0 Å². The molecule has 0 spiro atoms. The lowest BCUT2D eigenvalue weighted by molar-refractivity contribution is 0.608. The molecule has 0 atom stereocenters. The van der Waals surface area contributed by atoms with Gasteiger partial charge in [0.05, 0.1) is 0 Å². The molecule has 0 aromatic heterocycles. The van der Waals surface area contributed by atoms with E-state index in [0.717, 1.165) is 12.0 Å². The van der Waals surface area contributed by atoms with Gasteiger partial charge in [0.25, 0.3) is 0 Å². The van der Waals surface area contributed by atoms with E-state index < -0.39 is 0 Å². The van der Waals surface area contributed by atoms with Crippen molar-refractivity contribution in [3.8, 4) is 69.4 Å². The van der Waals surface area contributed by atoms with Crippen molar-refractivity contribution < 1.29 is 0 Å². The maximum absolute atomic E-state index is 5.39. The first-order valence-electron chi connectivity index (χ1n) is 22.2. The molecule has 0 radical (unpaired) electrons. The number of benzene rings is 9. The topological polar surface area (TPSA) is 0 Å². The third-order valence-corrected chi connectivity index (χ3v) is 13.2. The second-order valence-corrected chi connectivity index (χ2v) is 16.8. The van der Waals surface area contributed by atoms with Crippen LogP contribution < -0.4 is 0 Å². The molecule has 11 aromatic rings. The summed E-state index contributed by atoms with van der Waals surface area (Å²) in [5, 5.41) is 18.1. The largest absolute Gasteiger partial charge is 0.106 e. The van der Waals surface area contributed by atoms with Crippen molar-refractivity contribution in [2.45, 2.75) is 51.9 Å². The van der Waals surface area contributed by atoms with Crippen LogP contribution in [0.25, 0.3) is 109 Å². The molecule has 0 aliphatic rings. The molecule has 0 aliphatic heterocycles. The maximum Gasteiger partial charge on any atom is 0.0262 e. The SMILES string of the molecule is C#CC#CC#Cc1ccc2c(c1)c1cc3c(-c4ccccc4-c4ccccc4)c4c5cccc6cc(CCCCCCCC)cc(c4c(-c4ccccc4)c3c3cccc2c13)c65. The van der Waals surface area contributed by atoms with E-state index in [1.54, 1.807) is 0 Å². The van der Waals surface area contributed by atoms with Crippen LogP contribution >= 0.6 is 0 Å². The summed E-state index contributed by atoms with van der Waals surface area (Å²) in [6.07, 6.45) is 14.2. The number of fused-ring (bicyclic) bond motifs is 8. The molecule has 0 bridgehead atoms. The quantitative estimate of drug-likeness (QED) is 0.0736. The Morgan fingerprint density at radius 3 is 1.90 bits per heavy atom. The summed E-state index contributed by atoms with van der Waals surface area (Å²) in [6, 6.07) is 59.2. The molecule has 0 heteroatoms. The standard InChI is InChI=1S/C62H44/c1-3-5-7-9-10-14-24-42-37-45-29-21-33-50-56(45)54(39-42)62-57(44-27-17-12-18-28-44)60-51-34-22-32-49-47-36-35-41(23-13-8-6-4-2)38-52(47)53(58(49)51)40-55(60)59(61(50)62)48-31-20-19-30-46(48)43-25-15-11-16-26-43/h2,11-12,15-22,25-40H,3,5,7,9-10,14,24H2,1H3. The highest BCUT2D eigenvalue weighted by atomic mass is 14.3. The Labute approximate surface area is 363 Å². The van der Waals surface area contributed by atoms with Crippen molar-refractivity contribution >= 4 is 75.4 Å². The van der Waals surface area contributed by atoms with Crippen LogP contribution in [-0.2, 0) is 6.42 Å². The number of unbranched alkanes of at least 4 members (excludes halogenated alkanes) is 5. The summed E-state index contributed by atoms with van der Waals surface area (Å²) < 4.78 is 0. The monoisotopic (exact) mass is 788 g/mol. The first kappa shape index (κ1) is 37.4. The number of terminal acetylenes is 1. The van der Waals surface area contributed by atoms with E-state index in [0.29, 0.717) is 0 Å². The van der Waals surface area contributed by atoms with Gasteiger partial charge in [-0.2, -0.15) is 0 Å². The van der Waals surface area contributed by atoms with Crippen LogP contribution in [-0.4, -0.2) is 0 Å². The Kier molecular flexibility index (Phi) is 9.54. The van der Waals surface area contributed by atoms with E-state index in [-0.39, 0.29) is 0 Å². The molecule has 0 amide bonds. The minimum atomic E-state index is 0.920. The number of rotatable bonds is 10. The average Bonchev–Trinajstić information content (AvgIpc) is 3.82. The van der Waals surface area contributed by atoms with Gasteiger partial charge in [-0.1, -0.05) is 184 Å². The second kappa shape index (κ2) is 15.8. The molecule has 0 fully saturated rings. The molecule has 0 saturated carbocycles. The summed E-state index contributed by atoms with van der Waals surface area (Å²) in [5.74, 6) is 14.0. The molecular weight excluding hydrogens is 745 g/mol. The predicted octanol–water partition coefficient (Wildman–Crippen LogP) is 16.5. The van der Waals surface area contributed by atoms with Crippen molar-refractivity contribution in [2.24, 2.45) is 0 Å². The number of hydrogen-bond donors (Lipinski definition) is 0. The lowest BCUT2D eigenvalue weighted by atomic mass is 9.82. The van der Waals surface area contributed by atoms with Gasteiger partial charge in [-0.15, -0.1) is 6.42 Å². The van der Waals surface area contributed by atoms with Gasteiger partial charge in [-0.05, 0) is 169 Å². The van der Waals surface area contributed by atoms with Crippen molar-refractivity contribution in [2.75, 3.05) is 0 Å². The highest BCUT2D eigenvalue weighted by Crippen LogP contribution is 2.55. The summed E-state index contributed by atoms with van der Waals surface area (Å²) in [4.78, 5) is 0. The fourth-order valence-corrected chi connectivity index (χ4v) is 10.6. The van der Waals surface area contributed by atoms with Crippen LogP contribution in [0.3, 0.4) is 0 Å². The number of hydrogen-bond acceptors (Lipinski definition) is 0. The van der Waals surface area contributed by atoms with Gasteiger partial charge in [-0.3, -0.25) is 0 Å². The first-order valence-corrected chi connectivity index (χ1v) is 22.2. The van der Waals surface area contributed by atoms with E-state index in [2.05, 4.69) is 194 Å².